The Labute approximate surface area is 201 Å². The molecule has 0 saturated carbocycles. The SMILES string of the molecule is COc1ccc(CN2CCc3cc(OC)c(OC)cc3[C@@H]2CNC(=O)Cc2ccccc2)cc1. The lowest BCUT2D eigenvalue weighted by molar-refractivity contribution is -0.120. The highest BCUT2D eigenvalue weighted by Gasteiger charge is 2.29. The number of nitrogens with one attached hydrogen (secondary N) is 1. The van der Waals surface area contributed by atoms with E-state index in [1.807, 2.05) is 42.5 Å². The van der Waals surface area contributed by atoms with Crippen molar-refractivity contribution in [1.82, 2.24) is 10.2 Å². The molecule has 0 radical (unpaired) electrons. The number of fused-ring (bicyclic) bond motifs is 1. The van der Waals surface area contributed by atoms with Gasteiger partial charge in [-0.1, -0.05) is 42.5 Å². The number of nitrogens with zero attached hydrogens (tertiary/aromatic N) is 1. The lowest BCUT2D eigenvalue weighted by Gasteiger charge is -2.38. The van der Waals surface area contributed by atoms with Crippen LogP contribution in [0.15, 0.2) is 66.7 Å². The molecule has 0 aromatic heterocycles. The van der Waals surface area contributed by atoms with Crippen molar-refractivity contribution in [2.24, 2.45) is 0 Å². The number of carbonyl (C=O) groups is 1. The van der Waals surface area contributed by atoms with E-state index in [0.717, 1.165) is 42.1 Å². The minimum atomic E-state index is 0.0168. The summed E-state index contributed by atoms with van der Waals surface area (Å²) in [5.41, 5.74) is 4.60. The summed E-state index contributed by atoms with van der Waals surface area (Å²) < 4.78 is 16.4. The number of ether oxygens (including phenoxy) is 3. The molecule has 0 unspecified atom stereocenters. The van der Waals surface area contributed by atoms with E-state index in [2.05, 4.69) is 34.5 Å². The fourth-order valence-corrected chi connectivity index (χ4v) is 4.53. The lowest BCUT2D eigenvalue weighted by Crippen LogP contribution is -2.42. The van der Waals surface area contributed by atoms with Crippen molar-refractivity contribution in [2.75, 3.05) is 34.4 Å². The van der Waals surface area contributed by atoms with Gasteiger partial charge in [0.1, 0.15) is 5.75 Å². The van der Waals surface area contributed by atoms with Gasteiger partial charge in [0.05, 0.1) is 33.8 Å². The van der Waals surface area contributed by atoms with Gasteiger partial charge in [-0.05, 0) is 52.9 Å². The second kappa shape index (κ2) is 11.1. The zero-order chi connectivity index (χ0) is 23.9. The van der Waals surface area contributed by atoms with E-state index in [4.69, 9.17) is 14.2 Å². The number of methoxy groups -OCH3 is 3. The molecule has 1 heterocycles. The Morgan fingerprint density at radius 1 is 0.912 bits per heavy atom. The second-order valence-corrected chi connectivity index (χ2v) is 8.46. The van der Waals surface area contributed by atoms with Crippen LogP contribution in [-0.2, 0) is 24.2 Å². The Bertz CT molecular complexity index is 1100. The Kier molecular flexibility index (Phi) is 7.70. The molecule has 1 aliphatic rings. The summed E-state index contributed by atoms with van der Waals surface area (Å²) in [5, 5.41) is 3.17. The molecule has 6 heteroatoms. The molecule has 4 rings (SSSR count). The van der Waals surface area contributed by atoms with Crippen molar-refractivity contribution in [3.05, 3.63) is 89.0 Å². The average Bonchev–Trinajstić information content (AvgIpc) is 2.88. The minimum absolute atomic E-state index is 0.0168. The first-order valence-corrected chi connectivity index (χ1v) is 11.5. The summed E-state index contributed by atoms with van der Waals surface area (Å²) in [4.78, 5) is 15.2. The Hall–Kier alpha value is -3.51. The van der Waals surface area contributed by atoms with Crippen LogP contribution in [0, 0.1) is 0 Å². The molecule has 3 aromatic rings. The van der Waals surface area contributed by atoms with Gasteiger partial charge < -0.3 is 19.5 Å². The number of hydrogen-bond donors (Lipinski definition) is 1. The normalized spacial score (nSPS) is 15.3. The third kappa shape index (κ3) is 5.51. The molecule has 0 aliphatic carbocycles. The molecule has 3 aromatic carbocycles. The predicted molar refractivity (Wildman–Crippen MR) is 133 cm³/mol. The predicted octanol–water partition coefficient (Wildman–Crippen LogP) is 4.17. The van der Waals surface area contributed by atoms with Crippen LogP contribution in [-0.4, -0.2) is 45.2 Å². The quantitative estimate of drug-likeness (QED) is 0.519. The first-order valence-electron chi connectivity index (χ1n) is 11.5. The summed E-state index contributed by atoms with van der Waals surface area (Å²) in [6.07, 6.45) is 1.27. The maximum Gasteiger partial charge on any atom is 0.224 e. The van der Waals surface area contributed by atoms with Crippen molar-refractivity contribution in [2.45, 2.75) is 25.4 Å². The van der Waals surface area contributed by atoms with Gasteiger partial charge in [0.2, 0.25) is 5.91 Å². The van der Waals surface area contributed by atoms with Crippen LogP contribution in [0.3, 0.4) is 0 Å². The van der Waals surface area contributed by atoms with Gasteiger partial charge in [0.15, 0.2) is 11.5 Å². The molecule has 0 fully saturated rings. The zero-order valence-corrected chi connectivity index (χ0v) is 20.0. The molecule has 1 amide bonds. The number of hydrogen-bond acceptors (Lipinski definition) is 5. The van der Waals surface area contributed by atoms with E-state index in [-0.39, 0.29) is 11.9 Å². The van der Waals surface area contributed by atoms with E-state index in [9.17, 15) is 4.79 Å². The van der Waals surface area contributed by atoms with Crippen LogP contribution < -0.4 is 19.5 Å². The number of amides is 1. The molecule has 0 spiro atoms. The maximum absolute atomic E-state index is 12.7. The Balaban J connectivity index is 1.57. The van der Waals surface area contributed by atoms with Gasteiger partial charge >= 0.3 is 0 Å². The molecule has 6 nitrogen and oxygen atoms in total. The molecule has 1 aliphatic heterocycles. The molecular formula is C28H32N2O4. The van der Waals surface area contributed by atoms with Crippen molar-refractivity contribution < 1.29 is 19.0 Å². The highest BCUT2D eigenvalue weighted by atomic mass is 16.5. The topological polar surface area (TPSA) is 60.0 Å². The van der Waals surface area contributed by atoms with E-state index in [0.29, 0.717) is 18.7 Å². The minimum Gasteiger partial charge on any atom is -0.497 e. The average molecular weight is 461 g/mol. The number of rotatable bonds is 9. The summed E-state index contributed by atoms with van der Waals surface area (Å²) in [6.45, 7) is 2.18. The molecule has 34 heavy (non-hydrogen) atoms. The fraction of sp³-hybridized carbons (Fsp3) is 0.321. The van der Waals surface area contributed by atoms with Gasteiger partial charge in [0.25, 0.3) is 0 Å². The van der Waals surface area contributed by atoms with Crippen LogP contribution in [0.4, 0.5) is 0 Å². The largest absolute Gasteiger partial charge is 0.497 e. The maximum atomic E-state index is 12.7. The first-order chi connectivity index (χ1) is 16.6. The van der Waals surface area contributed by atoms with Crippen molar-refractivity contribution >= 4 is 5.91 Å². The molecule has 178 valence electrons. The highest BCUT2D eigenvalue weighted by Crippen LogP contribution is 2.38. The van der Waals surface area contributed by atoms with Crippen molar-refractivity contribution in [1.29, 1.82) is 0 Å². The Morgan fingerprint density at radius 2 is 1.62 bits per heavy atom. The molecular weight excluding hydrogens is 428 g/mol. The standard InChI is InChI=1S/C28H32N2O4/c1-32-23-11-9-21(10-12-23)19-30-14-13-22-16-26(33-2)27(34-3)17-24(22)25(30)18-29-28(31)15-20-7-5-4-6-8-20/h4-12,16-17,25H,13-15,18-19H2,1-3H3,(H,29,31)/t25-/m0/s1. The van der Waals surface area contributed by atoms with E-state index in [1.54, 1.807) is 21.3 Å². The molecule has 1 atom stereocenters. The van der Waals surface area contributed by atoms with Crippen LogP contribution in [0.2, 0.25) is 0 Å². The van der Waals surface area contributed by atoms with E-state index in [1.165, 1.54) is 11.1 Å². The summed E-state index contributed by atoms with van der Waals surface area (Å²) >= 11 is 0. The van der Waals surface area contributed by atoms with Crippen LogP contribution >= 0.6 is 0 Å². The van der Waals surface area contributed by atoms with Crippen LogP contribution in [0.25, 0.3) is 0 Å². The molecule has 0 saturated heterocycles. The number of carbonyl (C=O) groups excluding carboxylic acids is 1. The summed E-state index contributed by atoms with van der Waals surface area (Å²) in [6, 6.07) is 22.1. The second-order valence-electron chi connectivity index (χ2n) is 8.46. The lowest BCUT2D eigenvalue weighted by atomic mass is 9.91. The van der Waals surface area contributed by atoms with Gasteiger partial charge in [-0.3, -0.25) is 9.69 Å². The van der Waals surface area contributed by atoms with Crippen LogP contribution in [0.1, 0.15) is 28.3 Å². The van der Waals surface area contributed by atoms with Crippen molar-refractivity contribution in [3.63, 3.8) is 0 Å². The van der Waals surface area contributed by atoms with Gasteiger partial charge in [-0.25, -0.2) is 0 Å². The van der Waals surface area contributed by atoms with Crippen molar-refractivity contribution in [3.8, 4) is 17.2 Å². The Morgan fingerprint density at radius 3 is 2.29 bits per heavy atom. The highest BCUT2D eigenvalue weighted by molar-refractivity contribution is 5.78. The van der Waals surface area contributed by atoms with E-state index >= 15 is 0 Å². The van der Waals surface area contributed by atoms with Gasteiger partial charge in [-0.2, -0.15) is 0 Å². The summed E-state index contributed by atoms with van der Waals surface area (Å²) in [7, 11) is 4.98. The van der Waals surface area contributed by atoms with Gasteiger partial charge in [0, 0.05) is 19.6 Å². The summed E-state index contributed by atoms with van der Waals surface area (Å²) in [5.74, 6) is 2.29. The third-order valence-corrected chi connectivity index (χ3v) is 6.36. The van der Waals surface area contributed by atoms with E-state index < -0.39 is 0 Å². The first kappa shape index (κ1) is 23.6. The third-order valence-electron chi connectivity index (χ3n) is 6.36. The smallest absolute Gasteiger partial charge is 0.224 e. The van der Waals surface area contributed by atoms with Gasteiger partial charge in [-0.15, -0.1) is 0 Å². The monoisotopic (exact) mass is 460 g/mol. The fourth-order valence-electron chi connectivity index (χ4n) is 4.53. The number of benzene rings is 3. The van der Waals surface area contributed by atoms with Crippen LogP contribution in [0.5, 0.6) is 17.2 Å². The molecule has 0 bridgehead atoms. The zero-order valence-electron chi connectivity index (χ0n) is 20.0. The molecule has 1 N–H and O–H groups in total.